The number of benzene rings is 1. The molecule has 0 aromatic heterocycles. The van der Waals surface area contributed by atoms with Gasteiger partial charge < -0.3 is 15.0 Å². The molecule has 0 spiro atoms. The van der Waals surface area contributed by atoms with E-state index in [1.807, 2.05) is 6.07 Å². The molecular weight excluding hydrogens is 243 g/mol. The molecule has 3 nitrogen and oxygen atoms in total. The molecule has 0 aliphatic carbocycles. The number of ether oxygens (including phenoxy) is 1. The van der Waals surface area contributed by atoms with Gasteiger partial charge in [-0.05, 0) is 31.2 Å². The largest absolute Gasteiger partial charge is 0.379 e. The number of piperazine rings is 1. The Bertz CT molecular complexity index is 448. The first kappa shape index (κ1) is 13.0. The summed E-state index contributed by atoms with van der Waals surface area (Å²) < 4.78 is 18.9. The smallest absolute Gasteiger partial charge is 0.123 e. The summed E-state index contributed by atoms with van der Waals surface area (Å²) in [7, 11) is 2.15. The summed E-state index contributed by atoms with van der Waals surface area (Å²) in [6.45, 7) is 4.59. The molecule has 2 saturated heterocycles. The lowest BCUT2D eigenvalue weighted by atomic mass is 9.73. The summed E-state index contributed by atoms with van der Waals surface area (Å²) in [6, 6.07) is 7.45. The number of hydrogen-bond donors (Lipinski definition) is 1. The number of rotatable bonds is 3. The van der Waals surface area contributed by atoms with Gasteiger partial charge in [0.1, 0.15) is 5.82 Å². The Balaban J connectivity index is 1.76. The van der Waals surface area contributed by atoms with Crippen molar-refractivity contribution in [3.63, 3.8) is 0 Å². The van der Waals surface area contributed by atoms with Crippen LogP contribution in [0.4, 0.5) is 4.39 Å². The molecule has 3 rings (SSSR count). The van der Waals surface area contributed by atoms with Crippen molar-refractivity contribution in [2.24, 2.45) is 0 Å². The van der Waals surface area contributed by atoms with Gasteiger partial charge in [0.25, 0.3) is 0 Å². The first-order valence-corrected chi connectivity index (χ1v) is 6.94. The Morgan fingerprint density at radius 3 is 2.95 bits per heavy atom. The standard InChI is InChI=1S/C15H21FN2O/c1-18-6-5-17-14(9-18)8-15(10-19-11-15)12-3-2-4-13(16)7-12/h2-4,7,14,17H,5-6,8-11H2,1H3. The van der Waals surface area contributed by atoms with Gasteiger partial charge in [0.2, 0.25) is 0 Å². The van der Waals surface area contributed by atoms with E-state index in [0.717, 1.165) is 31.6 Å². The van der Waals surface area contributed by atoms with Crippen molar-refractivity contribution in [2.75, 3.05) is 39.9 Å². The second-order valence-corrected chi connectivity index (χ2v) is 5.90. The van der Waals surface area contributed by atoms with Gasteiger partial charge in [-0.2, -0.15) is 0 Å². The van der Waals surface area contributed by atoms with Gasteiger partial charge in [-0.3, -0.25) is 0 Å². The summed E-state index contributed by atoms with van der Waals surface area (Å²) in [5.41, 5.74) is 1.08. The molecule has 2 aliphatic rings. The van der Waals surface area contributed by atoms with E-state index >= 15 is 0 Å². The van der Waals surface area contributed by atoms with E-state index in [4.69, 9.17) is 4.74 Å². The minimum Gasteiger partial charge on any atom is -0.379 e. The van der Waals surface area contributed by atoms with Crippen molar-refractivity contribution in [3.8, 4) is 0 Å². The maximum absolute atomic E-state index is 13.4. The predicted molar refractivity (Wildman–Crippen MR) is 72.8 cm³/mol. The molecule has 1 unspecified atom stereocenters. The third kappa shape index (κ3) is 2.66. The SMILES string of the molecule is CN1CCNC(CC2(c3cccc(F)c3)COC2)C1. The zero-order chi connectivity index (χ0) is 13.3. The van der Waals surface area contributed by atoms with Crippen LogP contribution in [0.5, 0.6) is 0 Å². The van der Waals surface area contributed by atoms with Crippen molar-refractivity contribution in [1.82, 2.24) is 10.2 Å². The van der Waals surface area contributed by atoms with Crippen LogP contribution in [0, 0.1) is 5.82 Å². The average Bonchev–Trinajstić information content (AvgIpc) is 2.34. The van der Waals surface area contributed by atoms with Crippen LogP contribution >= 0.6 is 0 Å². The molecule has 2 heterocycles. The van der Waals surface area contributed by atoms with E-state index in [1.165, 1.54) is 6.07 Å². The second-order valence-electron chi connectivity index (χ2n) is 5.90. The van der Waals surface area contributed by atoms with E-state index in [2.05, 4.69) is 17.3 Å². The van der Waals surface area contributed by atoms with Crippen LogP contribution in [0.3, 0.4) is 0 Å². The molecule has 0 saturated carbocycles. The molecule has 104 valence electrons. The van der Waals surface area contributed by atoms with E-state index in [9.17, 15) is 4.39 Å². The molecular formula is C15H21FN2O. The molecule has 19 heavy (non-hydrogen) atoms. The minimum atomic E-state index is -0.155. The monoisotopic (exact) mass is 264 g/mol. The number of hydrogen-bond acceptors (Lipinski definition) is 3. The number of nitrogens with one attached hydrogen (secondary N) is 1. The van der Waals surface area contributed by atoms with Crippen molar-refractivity contribution >= 4 is 0 Å². The maximum Gasteiger partial charge on any atom is 0.123 e. The molecule has 2 fully saturated rings. The Labute approximate surface area is 113 Å². The second kappa shape index (κ2) is 5.19. The predicted octanol–water partition coefficient (Wildman–Crippen LogP) is 1.39. The Hall–Kier alpha value is -0.970. The van der Waals surface area contributed by atoms with Crippen LogP contribution in [0.2, 0.25) is 0 Å². The molecule has 2 aliphatic heterocycles. The first-order chi connectivity index (χ1) is 9.18. The summed E-state index contributed by atoms with van der Waals surface area (Å²) in [6.07, 6.45) is 1.01. The zero-order valence-corrected chi connectivity index (χ0v) is 11.4. The number of halogens is 1. The van der Waals surface area contributed by atoms with Crippen LogP contribution < -0.4 is 5.32 Å². The van der Waals surface area contributed by atoms with Crippen molar-refractivity contribution in [1.29, 1.82) is 0 Å². The zero-order valence-electron chi connectivity index (χ0n) is 11.4. The first-order valence-electron chi connectivity index (χ1n) is 6.94. The van der Waals surface area contributed by atoms with Gasteiger partial charge in [0.15, 0.2) is 0 Å². The fourth-order valence-electron chi connectivity index (χ4n) is 3.17. The van der Waals surface area contributed by atoms with Gasteiger partial charge in [-0.1, -0.05) is 12.1 Å². The van der Waals surface area contributed by atoms with E-state index in [0.29, 0.717) is 19.3 Å². The Morgan fingerprint density at radius 2 is 2.32 bits per heavy atom. The third-order valence-electron chi connectivity index (χ3n) is 4.29. The molecule has 1 aromatic carbocycles. The van der Waals surface area contributed by atoms with Crippen molar-refractivity contribution in [2.45, 2.75) is 17.9 Å². The van der Waals surface area contributed by atoms with Gasteiger partial charge in [-0.15, -0.1) is 0 Å². The fraction of sp³-hybridized carbons (Fsp3) is 0.600. The molecule has 1 aromatic rings. The summed E-state index contributed by atoms with van der Waals surface area (Å²) in [5.74, 6) is -0.155. The quantitative estimate of drug-likeness (QED) is 0.893. The van der Waals surface area contributed by atoms with Crippen molar-refractivity contribution < 1.29 is 9.13 Å². The molecule has 4 heteroatoms. The lowest BCUT2D eigenvalue weighted by Gasteiger charge is -2.45. The van der Waals surface area contributed by atoms with Gasteiger partial charge >= 0.3 is 0 Å². The highest BCUT2D eigenvalue weighted by molar-refractivity contribution is 5.29. The van der Waals surface area contributed by atoms with Gasteiger partial charge in [-0.25, -0.2) is 4.39 Å². The summed E-state index contributed by atoms with van der Waals surface area (Å²) in [5, 5.41) is 3.57. The van der Waals surface area contributed by atoms with Gasteiger partial charge in [0.05, 0.1) is 13.2 Å². The van der Waals surface area contributed by atoms with E-state index in [1.54, 1.807) is 12.1 Å². The molecule has 1 atom stereocenters. The van der Waals surface area contributed by atoms with Crippen molar-refractivity contribution in [3.05, 3.63) is 35.6 Å². The Kier molecular flexibility index (Phi) is 3.56. The maximum atomic E-state index is 13.4. The normalized spacial score (nSPS) is 26.9. The van der Waals surface area contributed by atoms with Crippen LogP contribution in [0.15, 0.2) is 24.3 Å². The molecule has 0 bridgehead atoms. The highest BCUT2D eigenvalue weighted by atomic mass is 19.1. The molecule has 0 radical (unpaired) electrons. The van der Waals surface area contributed by atoms with Gasteiger partial charge in [0, 0.05) is 31.1 Å². The highest BCUT2D eigenvalue weighted by Crippen LogP contribution is 2.37. The minimum absolute atomic E-state index is 0.00204. The van der Waals surface area contributed by atoms with Crippen LogP contribution in [-0.4, -0.2) is 50.8 Å². The van der Waals surface area contributed by atoms with E-state index < -0.39 is 0 Å². The lowest BCUT2D eigenvalue weighted by molar-refractivity contribution is -0.0707. The number of nitrogens with zero attached hydrogens (tertiary/aromatic N) is 1. The van der Waals surface area contributed by atoms with Crippen LogP contribution in [-0.2, 0) is 10.2 Å². The summed E-state index contributed by atoms with van der Waals surface area (Å²) >= 11 is 0. The fourth-order valence-corrected chi connectivity index (χ4v) is 3.17. The lowest BCUT2D eigenvalue weighted by Crippen LogP contribution is -2.56. The average molecular weight is 264 g/mol. The van der Waals surface area contributed by atoms with Crippen LogP contribution in [0.25, 0.3) is 0 Å². The topological polar surface area (TPSA) is 24.5 Å². The third-order valence-corrected chi connectivity index (χ3v) is 4.29. The molecule has 1 N–H and O–H groups in total. The highest BCUT2D eigenvalue weighted by Gasteiger charge is 2.42. The number of likely N-dealkylation sites (N-methyl/N-ethyl adjacent to an activating group) is 1. The van der Waals surface area contributed by atoms with Crippen LogP contribution in [0.1, 0.15) is 12.0 Å². The summed E-state index contributed by atoms with van der Waals surface area (Å²) in [4.78, 5) is 2.35. The Morgan fingerprint density at radius 1 is 1.47 bits per heavy atom. The van der Waals surface area contributed by atoms with E-state index in [-0.39, 0.29) is 11.2 Å². The molecule has 0 amide bonds.